The highest BCUT2D eigenvalue weighted by atomic mass is 16.1. The summed E-state index contributed by atoms with van der Waals surface area (Å²) in [4.78, 5) is 12.2. The second kappa shape index (κ2) is 5.32. The number of carbonyl (C=O) groups is 1. The van der Waals surface area contributed by atoms with E-state index in [0.29, 0.717) is 12.2 Å². The normalized spacial score (nSPS) is 49.0. The molecule has 24 heavy (non-hydrogen) atoms. The van der Waals surface area contributed by atoms with Crippen molar-refractivity contribution < 1.29 is 4.79 Å². The molecule has 3 fully saturated rings. The van der Waals surface area contributed by atoms with E-state index >= 15 is 0 Å². The Morgan fingerprint density at radius 1 is 1.25 bits per heavy atom. The summed E-state index contributed by atoms with van der Waals surface area (Å²) in [5.74, 6) is 2.85. The Labute approximate surface area is 146 Å². The van der Waals surface area contributed by atoms with Gasteiger partial charge in [0.05, 0.1) is 6.07 Å². The van der Waals surface area contributed by atoms with Gasteiger partial charge in [-0.1, -0.05) is 38.0 Å². The van der Waals surface area contributed by atoms with Gasteiger partial charge in [0.1, 0.15) is 5.78 Å². The molecule has 0 saturated heterocycles. The molecule has 2 nitrogen and oxygen atoms in total. The molecular formula is C22H29NO. The van der Waals surface area contributed by atoms with E-state index in [4.69, 9.17) is 5.26 Å². The van der Waals surface area contributed by atoms with E-state index in [1.807, 2.05) is 6.08 Å². The lowest BCUT2D eigenvalue weighted by molar-refractivity contribution is -0.126. The molecule has 0 aromatic heterocycles. The molecular weight excluding hydrogens is 294 g/mol. The molecule has 3 saturated carbocycles. The third-order valence-electron chi connectivity index (χ3n) is 8.36. The zero-order chi connectivity index (χ0) is 17.1. The first-order chi connectivity index (χ1) is 11.4. The van der Waals surface area contributed by atoms with Gasteiger partial charge in [-0.25, -0.2) is 0 Å². The van der Waals surface area contributed by atoms with Crippen LogP contribution in [0.4, 0.5) is 0 Å². The van der Waals surface area contributed by atoms with Crippen molar-refractivity contribution in [3.05, 3.63) is 23.3 Å². The van der Waals surface area contributed by atoms with Crippen LogP contribution in [0.25, 0.3) is 0 Å². The molecule has 0 N–H and O–H groups in total. The predicted molar refractivity (Wildman–Crippen MR) is 95.0 cm³/mol. The Morgan fingerprint density at radius 2 is 2.00 bits per heavy atom. The maximum atomic E-state index is 12.2. The third-order valence-corrected chi connectivity index (χ3v) is 8.36. The maximum Gasteiger partial charge on any atom is 0.139 e. The van der Waals surface area contributed by atoms with E-state index in [-0.39, 0.29) is 16.7 Å². The number of ketones is 1. The van der Waals surface area contributed by atoms with Crippen molar-refractivity contribution in [3.8, 4) is 6.07 Å². The molecule has 0 radical (unpaired) electrons. The van der Waals surface area contributed by atoms with E-state index in [1.54, 1.807) is 0 Å². The van der Waals surface area contributed by atoms with Crippen molar-refractivity contribution in [1.29, 1.82) is 5.26 Å². The number of hydrogen-bond acceptors (Lipinski definition) is 2. The van der Waals surface area contributed by atoms with Crippen molar-refractivity contribution in [3.63, 3.8) is 0 Å². The van der Waals surface area contributed by atoms with Crippen LogP contribution in [0.15, 0.2) is 23.3 Å². The highest BCUT2D eigenvalue weighted by Crippen LogP contribution is 2.66. The van der Waals surface area contributed by atoms with Crippen molar-refractivity contribution in [2.75, 3.05) is 0 Å². The largest absolute Gasteiger partial charge is 0.299 e. The molecule has 4 rings (SSSR count). The lowest BCUT2D eigenvalue weighted by Crippen LogP contribution is -2.50. The number of nitrogens with zero attached hydrogens (tertiary/aromatic N) is 1. The predicted octanol–water partition coefficient (Wildman–Crippen LogP) is 5.21. The molecule has 0 spiro atoms. The number of rotatable bonds is 0. The summed E-state index contributed by atoms with van der Waals surface area (Å²) in [5.41, 5.74) is 3.33. The molecule has 0 aliphatic heterocycles. The summed E-state index contributed by atoms with van der Waals surface area (Å²) < 4.78 is 0. The van der Waals surface area contributed by atoms with E-state index in [1.165, 1.54) is 30.4 Å². The van der Waals surface area contributed by atoms with Crippen LogP contribution in [0.1, 0.15) is 65.7 Å². The fraction of sp³-hybridized carbons (Fsp3) is 0.727. The molecule has 128 valence electrons. The topological polar surface area (TPSA) is 40.9 Å². The molecule has 4 unspecified atom stereocenters. The van der Waals surface area contributed by atoms with Crippen molar-refractivity contribution in [2.45, 2.75) is 65.7 Å². The molecule has 4 aliphatic carbocycles. The first kappa shape index (κ1) is 16.1. The van der Waals surface area contributed by atoms with Gasteiger partial charge in [-0.2, -0.15) is 5.26 Å². The van der Waals surface area contributed by atoms with Crippen LogP contribution in [0.3, 0.4) is 0 Å². The third kappa shape index (κ3) is 2.03. The van der Waals surface area contributed by atoms with Gasteiger partial charge in [-0.3, -0.25) is 4.79 Å². The molecule has 0 heterocycles. The monoisotopic (exact) mass is 323 g/mol. The van der Waals surface area contributed by atoms with Crippen molar-refractivity contribution >= 4 is 5.78 Å². The van der Waals surface area contributed by atoms with E-state index in [9.17, 15) is 4.79 Å². The first-order valence-electron chi connectivity index (χ1n) is 9.71. The number of hydrogen-bond donors (Lipinski definition) is 0. The summed E-state index contributed by atoms with van der Waals surface area (Å²) in [6.07, 6.45) is 12.0. The summed E-state index contributed by atoms with van der Waals surface area (Å²) in [6, 6.07) is 2.29. The van der Waals surface area contributed by atoms with Crippen LogP contribution in [0.5, 0.6) is 0 Å². The highest BCUT2D eigenvalue weighted by Gasteiger charge is 2.57. The van der Waals surface area contributed by atoms with Gasteiger partial charge >= 0.3 is 0 Å². The average Bonchev–Trinajstić information content (AvgIpc) is 2.86. The molecule has 4 aliphatic rings. The van der Waals surface area contributed by atoms with Gasteiger partial charge in [-0.15, -0.1) is 0 Å². The molecule has 0 amide bonds. The Hall–Kier alpha value is -1.36. The quantitative estimate of drug-likeness (QED) is 0.453. The average molecular weight is 323 g/mol. The second-order valence-corrected chi connectivity index (χ2v) is 9.30. The minimum absolute atomic E-state index is 0.219. The summed E-state index contributed by atoms with van der Waals surface area (Å²) in [5, 5.41) is 9.15. The molecule has 0 aromatic carbocycles. The SMILES string of the molecule is C[C@H]1CC2(C)C(=CCC3C2CC[C@]2(C)/C(=C\C#N)CCC32)CC1=O. The van der Waals surface area contributed by atoms with Crippen molar-refractivity contribution in [2.24, 2.45) is 34.5 Å². The zero-order valence-corrected chi connectivity index (χ0v) is 15.3. The first-order valence-corrected chi connectivity index (χ1v) is 9.71. The number of fused-ring (bicyclic) bond motifs is 5. The zero-order valence-electron chi connectivity index (χ0n) is 15.3. The van der Waals surface area contributed by atoms with E-state index in [2.05, 4.69) is 32.9 Å². The van der Waals surface area contributed by atoms with Crippen LogP contribution in [0.2, 0.25) is 0 Å². The van der Waals surface area contributed by atoms with Gasteiger partial charge in [0.25, 0.3) is 0 Å². The van der Waals surface area contributed by atoms with Crippen LogP contribution >= 0.6 is 0 Å². The fourth-order valence-corrected chi connectivity index (χ4v) is 6.99. The van der Waals surface area contributed by atoms with Crippen LogP contribution < -0.4 is 0 Å². The lowest BCUT2D eigenvalue weighted by Gasteiger charge is -2.57. The van der Waals surface area contributed by atoms with Crippen LogP contribution in [-0.4, -0.2) is 5.78 Å². The van der Waals surface area contributed by atoms with Crippen LogP contribution in [0, 0.1) is 45.8 Å². The van der Waals surface area contributed by atoms with Gasteiger partial charge < -0.3 is 0 Å². The molecule has 0 aromatic rings. The summed E-state index contributed by atoms with van der Waals surface area (Å²) in [7, 11) is 0. The summed E-state index contributed by atoms with van der Waals surface area (Å²) >= 11 is 0. The highest BCUT2D eigenvalue weighted by molar-refractivity contribution is 5.84. The van der Waals surface area contributed by atoms with E-state index in [0.717, 1.165) is 37.0 Å². The molecule has 0 bridgehead atoms. The van der Waals surface area contributed by atoms with Gasteiger partial charge in [0.15, 0.2) is 0 Å². The van der Waals surface area contributed by atoms with Gasteiger partial charge in [-0.05, 0) is 67.1 Å². The van der Waals surface area contributed by atoms with Gasteiger partial charge in [0, 0.05) is 18.4 Å². The Balaban J connectivity index is 1.70. The second-order valence-electron chi connectivity index (χ2n) is 9.30. The Kier molecular flexibility index (Phi) is 3.57. The van der Waals surface area contributed by atoms with Gasteiger partial charge in [0.2, 0.25) is 0 Å². The molecule has 6 atom stereocenters. The standard InChI is InChI=1S/C22H29NO/c1-14-13-22(3)16(12-20(14)24)4-6-17-18-7-5-15(9-11-23)21(18,2)10-8-19(17)22/h4,9,14,17-19H,5-8,10,12-13H2,1-3H3/b15-9-/t14-,17?,18?,19?,21+,22?/m0/s1. The lowest BCUT2D eigenvalue weighted by atomic mass is 9.47. The van der Waals surface area contributed by atoms with Crippen molar-refractivity contribution in [1.82, 2.24) is 0 Å². The van der Waals surface area contributed by atoms with E-state index < -0.39 is 0 Å². The number of carbonyl (C=O) groups excluding carboxylic acids is 1. The minimum atomic E-state index is 0.219. The smallest absolute Gasteiger partial charge is 0.139 e. The number of nitriles is 1. The molecule has 2 heteroatoms. The Bertz CT molecular complexity index is 681. The fourth-order valence-electron chi connectivity index (χ4n) is 6.99. The Morgan fingerprint density at radius 3 is 2.75 bits per heavy atom. The minimum Gasteiger partial charge on any atom is -0.299 e. The number of Topliss-reactive ketones (excluding diaryl/α,β-unsaturated/α-hetero) is 1. The maximum absolute atomic E-state index is 12.2. The van der Waals surface area contributed by atoms with Crippen LogP contribution in [-0.2, 0) is 4.79 Å². The summed E-state index contributed by atoms with van der Waals surface area (Å²) in [6.45, 7) is 6.99. The number of allylic oxidation sites excluding steroid dienone is 4.